The first kappa shape index (κ1) is 19.1. The maximum Gasteiger partial charge on any atom is 0.222 e. The summed E-state index contributed by atoms with van der Waals surface area (Å²) in [6.45, 7) is 8.96. The molecule has 3 saturated heterocycles. The number of carbonyl (C=O) groups excluding carboxylic acids is 1. The first-order chi connectivity index (χ1) is 12.1. The zero-order valence-electron chi connectivity index (χ0n) is 16.5. The topological polar surface area (TPSA) is 30.0 Å². The molecular formula is C20H38N4O. The van der Waals surface area contributed by atoms with Gasteiger partial charge in [0.05, 0.1) is 0 Å². The number of rotatable bonds is 5. The lowest BCUT2D eigenvalue weighted by Crippen LogP contribution is -2.54. The van der Waals surface area contributed by atoms with Crippen molar-refractivity contribution in [1.82, 2.24) is 19.6 Å². The first-order valence-corrected chi connectivity index (χ1v) is 10.5. The van der Waals surface area contributed by atoms with Gasteiger partial charge in [0, 0.05) is 38.6 Å². The summed E-state index contributed by atoms with van der Waals surface area (Å²) in [4.78, 5) is 22.1. The molecule has 3 heterocycles. The predicted molar refractivity (Wildman–Crippen MR) is 103 cm³/mol. The third kappa shape index (κ3) is 5.66. The minimum absolute atomic E-state index is 0.399. The second-order valence-corrected chi connectivity index (χ2v) is 8.59. The maximum atomic E-state index is 12.5. The van der Waals surface area contributed by atoms with Gasteiger partial charge in [-0.05, 0) is 84.7 Å². The number of likely N-dealkylation sites (tertiary alicyclic amines) is 2. The number of amides is 1. The summed E-state index contributed by atoms with van der Waals surface area (Å²) >= 11 is 0. The van der Waals surface area contributed by atoms with Crippen molar-refractivity contribution in [2.75, 3.05) is 66.5 Å². The summed E-state index contributed by atoms with van der Waals surface area (Å²) in [5.74, 6) is 1.25. The minimum atomic E-state index is 0.399. The Morgan fingerprint density at radius 2 is 1.36 bits per heavy atom. The van der Waals surface area contributed by atoms with Crippen molar-refractivity contribution in [2.45, 2.75) is 51.0 Å². The lowest BCUT2D eigenvalue weighted by atomic mass is 9.92. The van der Waals surface area contributed by atoms with Gasteiger partial charge >= 0.3 is 0 Å². The quantitative estimate of drug-likeness (QED) is 0.755. The van der Waals surface area contributed by atoms with E-state index in [0.29, 0.717) is 5.91 Å². The van der Waals surface area contributed by atoms with E-state index in [1.165, 1.54) is 58.3 Å². The van der Waals surface area contributed by atoms with Crippen molar-refractivity contribution in [3.8, 4) is 0 Å². The molecule has 144 valence electrons. The zero-order valence-corrected chi connectivity index (χ0v) is 16.5. The Balaban J connectivity index is 1.30. The molecule has 0 aromatic rings. The molecule has 3 aliphatic rings. The Kier molecular flexibility index (Phi) is 7.14. The average molecular weight is 351 g/mol. The maximum absolute atomic E-state index is 12.5. The molecule has 0 saturated carbocycles. The predicted octanol–water partition coefficient (Wildman–Crippen LogP) is 1.74. The van der Waals surface area contributed by atoms with Crippen LogP contribution in [0.4, 0.5) is 0 Å². The molecule has 0 spiro atoms. The molecule has 3 fully saturated rings. The Labute approximate surface area is 154 Å². The van der Waals surface area contributed by atoms with Gasteiger partial charge in [-0.15, -0.1) is 0 Å². The van der Waals surface area contributed by atoms with Gasteiger partial charge in [-0.2, -0.15) is 0 Å². The summed E-state index contributed by atoms with van der Waals surface area (Å²) in [6, 6.07) is 0.748. The van der Waals surface area contributed by atoms with Crippen molar-refractivity contribution < 1.29 is 4.79 Å². The SMILES string of the molecule is CN1CCC(CCCC(=O)N2CCN(C3CCN(C)CC3)CC2)CC1. The molecule has 3 rings (SSSR count). The van der Waals surface area contributed by atoms with Crippen molar-refractivity contribution in [3.05, 3.63) is 0 Å². The highest BCUT2D eigenvalue weighted by atomic mass is 16.2. The van der Waals surface area contributed by atoms with Crippen LogP contribution in [0.3, 0.4) is 0 Å². The monoisotopic (exact) mass is 350 g/mol. The van der Waals surface area contributed by atoms with Gasteiger partial charge in [0.15, 0.2) is 0 Å². The van der Waals surface area contributed by atoms with Crippen molar-refractivity contribution in [3.63, 3.8) is 0 Å². The lowest BCUT2D eigenvalue weighted by Gasteiger charge is -2.42. The first-order valence-electron chi connectivity index (χ1n) is 10.5. The van der Waals surface area contributed by atoms with E-state index in [9.17, 15) is 4.79 Å². The van der Waals surface area contributed by atoms with Crippen molar-refractivity contribution >= 4 is 5.91 Å². The molecule has 5 heteroatoms. The van der Waals surface area contributed by atoms with Crippen LogP contribution in [0.25, 0.3) is 0 Å². The summed E-state index contributed by atoms with van der Waals surface area (Å²) in [6.07, 6.45) is 8.32. The fourth-order valence-corrected chi connectivity index (χ4v) is 4.75. The number of carbonyl (C=O) groups is 1. The minimum Gasteiger partial charge on any atom is -0.340 e. The molecule has 5 nitrogen and oxygen atoms in total. The molecule has 0 radical (unpaired) electrons. The van der Waals surface area contributed by atoms with Crippen LogP contribution in [0.1, 0.15) is 44.9 Å². The second-order valence-electron chi connectivity index (χ2n) is 8.59. The van der Waals surface area contributed by atoms with Crippen LogP contribution in [0.2, 0.25) is 0 Å². The highest BCUT2D eigenvalue weighted by Gasteiger charge is 2.28. The zero-order chi connectivity index (χ0) is 17.6. The Bertz CT molecular complexity index is 406. The van der Waals surface area contributed by atoms with E-state index in [0.717, 1.165) is 51.0 Å². The largest absolute Gasteiger partial charge is 0.340 e. The normalized spacial score (nSPS) is 26.2. The van der Waals surface area contributed by atoms with Crippen LogP contribution in [0.5, 0.6) is 0 Å². The van der Waals surface area contributed by atoms with Gasteiger partial charge < -0.3 is 14.7 Å². The third-order valence-electron chi connectivity index (χ3n) is 6.71. The van der Waals surface area contributed by atoms with E-state index in [4.69, 9.17) is 0 Å². The van der Waals surface area contributed by atoms with Crippen molar-refractivity contribution in [2.24, 2.45) is 5.92 Å². The van der Waals surface area contributed by atoms with Gasteiger partial charge in [0.1, 0.15) is 0 Å². The molecule has 25 heavy (non-hydrogen) atoms. The number of hydrogen-bond acceptors (Lipinski definition) is 4. The fourth-order valence-electron chi connectivity index (χ4n) is 4.75. The van der Waals surface area contributed by atoms with Crippen LogP contribution >= 0.6 is 0 Å². The summed E-state index contributed by atoms with van der Waals surface area (Å²) < 4.78 is 0. The van der Waals surface area contributed by atoms with E-state index < -0.39 is 0 Å². The summed E-state index contributed by atoms with van der Waals surface area (Å²) in [5.41, 5.74) is 0. The van der Waals surface area contributed by atoms with Crippen LogP contribution in [-0.4, -0.2) is 98.0 Å². The lowest BCUT2D eigenvalue weighted by molar-refractivity contribution is -0.133. The molecule has 3 aliphatic heterocycles. The highest BCUT2D eigenvalue weighted by molar-refractivity contribution is 5.76. The molecular weight excluding hydrogens is 312 g/mol. The van der Waals surface area contributed by atoms with Crippen molar-refractivity contribution in [1.29, 1.82) is 0 Å². The van der Waals surface area contributed by atoms with Crippen LogP contribution < -0.4 is 0 Å². The standard InChI is InChI=1S/C20H38N4O/c1-21-10-6-18(7-11-21)4-3-5-20(25)24-16-14-23(15-17-24)19-8-12-22(2)13-9-19/h18-19H,3-17H2,1-2H3. The third-order valence-corrected chi connectivity index (χ3v) is 6.71. The van der Waals surface area contributed by atoms with Crippen LogP contribution in [0, 0.1) is 5.92 Å². The average Bonchev–Trinajstić information content (AvgIpc) is 2.64. The molecule has 0 atom stereocenters. The molecule has 1 amide bonds. The number of piperidine rings is 2. The van der Waals surface area contributed by atoms with Gasteiger partial charge in [-0.25, -0.2) is 0 Å². The smallest absolute Gasteiger partial charge is 0.222 e. The molecule has 0 unspecified atom stereocenters. The van der Waals surface area contributed by atoms with Gasteiger partial charge in [0.2, 0.25) is 5.91 Å². The Hall–Kier alpha value is -0.650. The Morgan fingerprint density at radius 1 is 0.800 bits per heavy atom. The van der Waals surface area contributed by atoms with E-state index in [2.05, 4.69) is 33.7 Å². The number of hydrogen-bond donors (Lipinski definition) is 0. The second kappa shape index (κ2) is 9.33. The summed E-state index contributed by atoms with van der Waals surface area (Å²) in [7, 11) is 4.43. The highest BCUT2D eigenvalue weighted by Crippen LogP contribution is 2.22. The molecule has 0 bridgehead atoms. The van der Waals surface area contributed by atoms with E-state index in [1.807, 2.05) is 0 Å². The molecule has 0 N–H and O–H groups in total. The van der Waals surface area contributed by atoms with E-state index in [-0.39, 0.29) is 0 Å². The van der Waals surface area contributed by atoms with E-state index in [1.54, 1.807) is 0 Å². The van der Waals surface area contributed by atoms with Gasteiger partial charge in [0.25, 0.3) is 0 Å². The van der Waals surface area contributed by atoms with E-state index >= 15 is 0 Å². The van der Waals surface area contributed by atoms with Crippen LogP contribution in [0.15, 0.2) is 0 Å². The number of nitrogens with zero attached hydrogens (tertiary/aromatic N) is 4. The molecule has 0 aromatic heterocycles. The Morgan fingerprint density at radius 3 is 1.96 bits per heavy atom. The molecule has 0 aliphatic carbocycles. The van der Waals surface area contributed by atoms with Gasteiger partial charge in [-0.3, -0.25) is 9.69 Å². The fraction of sp³-hybridized carbons (Fsp3) is 0.950. The number of piperazine rings is 1. The van der Waals surface area contributed by atoms with Gasteiger partial charge in [-0.1, -0.05) is 0 Å². The summed E-state index contributed by atoms with van der Waals surface area (Å²) in [5, 5.41) is 0. The molecule has 0 aromatic carbocycles. The van der Waals surface area contributed by atoms with Crippen LogP contribution in [-0.2, 0) is 4.79 Å².